The van der Waals surface area contributed by atoms with Crippen molar-refractivity contribution in [3.8, 4) is 0 Å². The van der Waals surface area contributed by atoms with E-state index in [0.29, 0.717) is 11.5 Å². The quantitative estimate of drug-likeness (QED) is 0.822. The number of nitrogens with one attached hydrogen (secondary N) is 1. The summed E-state index contributed by atoms with van der Waals surface area (Å²) in [6.07, 6.45) is -4.60. The molecule has 1 aromatic rings. The minimum Gasteiger partial charge on any atom is -0.359 e. The second-order valence-electron chi connectivity index (χ2n) is 2.71. The molecule has 0 aromatic carbocycles. The second kappa shape index (κ2) is 4.51. The molecule has 1 rings (SSSR count). The molecular formula is C5H7F3N4O2S2. The van der Waals surface area contributed by atoms with Gasteiger partial charge >= 0.3 is 6.18 Å². The Morgan fingerprint density at radius 3 is 2.50 bits per heavy atom. The van der Waals surface area contributed by atoms with Crippen LogP contribution in [0.5, 0.6) is 0 Å². The molecule has 0 atom stereocenters. The second-order valence-corrected chi connectivity index (χ2v) is 5.20. The van der Waals surface area contributed by atoms with Crippen molar-refractivity contribution in [3.05, 3.63) is 5.82 Å². The summed E-state index contributed by atoms with van der Waals surface area (Å²) < 4.78 is 60.2. The van der Waals surface area contributed by atoms with E-state index in [4.69, 9.17) is 5.14 Å². The van der Waals surface area contributed by atoms with Crippen molar-refractivity contribution in [1.82, 2.24) is 9.36 Å². The first kappa shape index (κ1) is 13.1. The van der Waals surface area contributed by atoms with Gasteiger partial charge in [0.05, 0.1) is 5.75 Å². The van der Waals surface area contributed by atoms with E-state index < -0.39 is 27.8 Å². The highest BCUT2D eigenvalue weighted by Crippen LogP contribution is 2.28. The van der Waals surface area contributed by atoms with E-state index in [9.17, 15) is 21.6 Å². The molecule has 16 heavy (non-hydrogen) atoms. The molecule has 11 heteroatoms. The lowest BCUT2D eigenvalue weighted by Gasteiger charge is -2.00. The van der Waals surface area contributed by atoms with Gasteiger partial charge in [-0.1, -0.05) is 0 Å². The largest absolute Gasteiger partial charge is 0.452 e. The molecule has 0 aliphatic carbocycles. The first-order valence-corrected chi connectivity index (χ1v) is 6.32. The molecule has 0 fully saturated rings. The van der Waals surface area contributed by atoms with Crippen LogP contribution in [0.3, 0.4) is 0 Å². The average Bonchev–Trinajstić information content (AvgIpc) is 2.49. The molecule has 0 aliphatic heterocycles. The van der Waals surface area contributed by atoms with Gasteiger partial charge in [0, 0.05) is 18.1 Å². The van der Waals surface area contributed by atoms with Gasteiger partial charge in [-0.25, -0.2) is 13.6 Å². The summed E-state index contributed by atoms with van der Waals surface area (Å²) in [7, 11) is -3.64. The maximum Gasteiger partial charge on any atom is 0.452 e. The molecule has 0 saturated carbocycles. The zero-order chi connectivity index (χ0) is 12.4. The third-order valence-corrected chi connectivity index (χ3v) is 2.79. The van der Waals surface area contributed by atoms with Crippen LogP contribution in [0.2, 0.25) is 0 Å². The Morgan fingerprint density at radius 2 is 2.06 bits per heavy atom. The zero-order valence-electron chi connectivity index (χ0n) is 7.65. The summed E-state index contributed by atoms with van der Waals surface area (Å²) in [5.74, 6) is -1.65. The van der Waals surface area contributed by atoms with Crippen molar-refractivity contribution in [3.63, 3.8) is 0 Å². The highest BCUT2D eigenvalue weighted by Gasteiger charge is 2.36. The van der Waals surface area contributed by atoms with Crippen LogP contribution in [0.4, 0.5) is 18.3 Å². The maximum atomic E-state index is 12.1. The van der Waals surface area contributed by atoms with Gasteiger partial charge in [-0.2, -0.15) is 22.5 Å². The summed E-state index contributed by atoms with van der Waals surface area (Å²) >= 11 is 0.499. The average molecular weight is 276 g/mol. The number of nitrogens with zero attached hydrogens (tertiary/aromatic N) is 2. The van der Waals surface area contributed by atoms with Crippen molar-refractivity contribution in [1.29, 1.82) is 0 Å². The van der Waals surface area contributed by atoms with Gasteiger partial charge in [0.1, 0.15) is 0 Å². The molecule has 0 aliphatic rings. The Morgan fingerprint density at radius 1 is 1.44 bits per heavy atom. The Hall–Kier alpha value is -0.940. The lowest BCUT2D eigenvalue weighted by Crippen LogP contribution is -2.22. The van der Waals surface area contributed by atoms with Crippen molar-refractivity contribution in [2.45, 2.75) is 6.18 Å². The number of sulfonamides is 1. The van der Waals surface area contributed by atoms with Gasteiger partial charge < -0.3 is 5.32 Å². The highest BCUT2D eigenvalue weighted by molar-refractivity contribution is 7.89. The number of hydrogen-bond donors (Lipinski definition) is 2. The van der Waals surface area contributed by atoms with Crippen LogP contribution in [0.1, 0.15) is 5.82 Å². The van der Waals surface area contributed by atoms with E-state index >= 15 is 0 Å². The molecular weight excluding hydrogens is 269 g/mol. The van der Waals surface area contributed by atoms with Crippen LogP contribution in [0, 0.1) is 0 Å². The first-order valence-electron chi connectivity index (χ1n) is 3.84. The molecule has 0 amide bonds. The molecule has 92 valence electrons. The summed E-state index contributed by atoms with van der Waals surface area (Å²) in [6.45, 7) is -0.120. The zero-order valence-corrected chi connectivity index (χ0v) is 9.29. The summed E-state index contributed by atoms with van der Waals surface area (Å²) in [5.41, 5.74) is 0. The molecule has 1 heterocycles. The fourth-order valence-corrected chi connectivity index (χ4v) is 1.71. The van der Waals surface area contributed by atoms with Crippen LogP contribution >= 0.6 is 11.5 Å². The number of rotatable bonds is 4. The van der Waals surface area contributed by atoms with Gasteiger partial charge in [-0.05, 0) is 0 Å². The van der Waals surface area contributed by atoms with Gasteiger partial charge in [-0.15, -0.1) is 0 Å². The summed E-state index contributed by atoms with van der Waals surface area (Å²) in [6, 6.07) is 0. The van der Waals surface area contributed by atoms with Crippen LogP contribution in [-0.2, 0) is 16.2 Å². The van der Waals surface area contributed by atoms with Crippen molar-refractivity contribution in [2.75, 3.05) is 17.6 Å². The van der Waals surface area contributed by atoms with E-state index in [1.807, 2.05) is 0 Å². The van der Waals surface area contributed by atoms with Crippen LogP contribution in [-0.4, -0.2) is 30.1 Å². The molecule has 0 bridgehead atoms. The molecule has 0 spiro atoms. The van der Waals surface area contributed by atoms with Crippen LogP contribution < -0.4 is 10.5 Å². The minimum absolute atomic E-state index is 0.101. The lowest BCUT2D eigenvalue weighted by molar-refractivity contribution is -0.144. The number of anilines is 1. The molecule has 3 N–H and O–H groups in total. The number of primary sulfonamides is 1. The SMILES string of the molecule is NS(=O)(=O)CCNc1nc(C(F)(F)F)ns1. The smallest absolute Gasteiger partial charge is 0.359 e. The van der Waals surface area contributed by atoms with Gasteiger partial charge in [0.15, 0.2) is 0 Å². The monoisotopic (exact) mass is 276 g/mol. The lowest BCUT2D eigenvalue weighted by atomic mass is 10.6. The summed E-state index contributed by atoms with van der Waals surface area (Å²) in [4.78, 5) is 3.14. The van der Waals surface area contributed by atoms with E-state index in [0.717, 1.165) is 0 Å². The fraction of sp³-hybridized carbons (Fsp3) is 0.600. The third-order valence-electron chi connectivity index (χ3n) is 1.34. The minimum atomic E-state index is -4.60. The van der Waals surface area contributed by atoms with Crippen molar-refractivity contribution in [2.24, 2.45) is 5.14 Å². The third kappa shape index (κ3) is 4.28. The molecule has 0 saturated heterocycles. The van der Waals surface area contributed by atoms with E-state index in [-0.39, 0.29) is 11.7 Å². The Balaban J connectivity index is 2.54. The van der Waals surface area contributed by atoms with Crippen LogP contribution in [0.15, 0.2) is 0 Å². The molecule has 6 nitrogen and oxygen atoms in total. The Kier molecular flexibility index (Phi) is 3.70. The van der Waals surface area contributed by atoms with E-state index in [1.54, 1.807) is 0 Å². The van der Waals surface area contributed by atoms with E-state index in [1.165, 1.54) is 0 Å². The first-order chi connectivity index (χ1) is 7.18. The van der Waals surface area contributed by atoms with Gasteiger partial charge in [0.2, 0.25) is 21.0 Å². The standard InChI is InChI=1S/C5H7F3N4O2S2/c6-5(7,8)3-11-4(15-12-3)10-1-2-16(9,13)14/h1-2H2,(H2,9,13,14)(H,10,11,12). The topological polar surface area (TPSA) is 98.0 Å². The predicted molar refractivity (Wildman–Crippen MR) is 51.4 cm³/mol. The maximum absolute atomic E-state index is 12.1. The van der Waals surface area contributed by atoms with Gasteiger partial charge in [-0.3, -0.25) is 0 Å². The molecule has 0 radical (unpaired) electrons. The normalized spacial score (nSPS) is 12.8. The number of alkyl halides is 3. The van der Waals surface area contributed by atoms with Crippen molar-refractivity contribution < 1.29 is 21.6 Å². The van der Waals surface area contributed by atoms with Gasteiger partial charge in [0.25, 0.3) is 0 Å². The summed E-state index contributed by atoms with van der Waals surface area (Å²) in [5, 5.41) is 6.97. The molecule has 0 unspecified atom stereocenters. The number of aromatic nitrogens is 2. The highest BCUT2D eigenvalue weighted by atomic mass is 32.2. The van der Waals surface area contributed by atoms with E-state index in [2.05, 4.69) is 14.7 Å². The van der Waals surface area contributed by atoms with Crippen LogP contribution in [0.25, 0.3) is 0 Å². The Labute approximate surface area is 92.9 Å². The number of nitrogens with two attached hydrogens (primary N) is 1. The molecule has 1 aromatic heterocycles. The van der Waals surface area contributed by atoms with Crippen molar-refractivity contribution >= 4 is 26.7 Å². The predicted octanol–water partition coefficient (Wildman–Crippen LogP) is 0.257. The number of hydrogen-bond acceptors (Lipinski definition) is 6. The Bertz CT molecular complexity index is 454. The number of halogens is 3. The fourth-order valence-electron chi connectivity index (χ4n) is 0.711.